The highest BCUT2D eigenvalue weighted by Gasteiger charge is 2.51. The van der Waals surface area contributed by atoms with E-state index in [-0.39, 0.29) is 22.5 Å². The van der Waals surface area contributed by atoms with Crippen LogP contribution in [0.3, 0.4) is 0 Å². The second-order valence-corrected chi connectivity index (χ2v) is 8.48. The summed E-state index contributed by atoms with van der Waals surface area (Å²) in [4.78, 5) is 40.9. The molecule has 146 valence electrons. The van der Waals surface area contributed by atoms with E-state index in [9.17, 15) is 19.5 Å². The van der Waals surface area contributed by atoms with Crippen LogP contribution in [-0.4, -0.2) is 65.3 Å². The maximum absolute atomic E-state index is 12.0. The minimum atomic E-state index is -1.15. The van der Waals surface area contributed by atoms with E-state index in [2.05, 4.69) is 10.1 Å². The molecular weight excluding hydrogens is 404 g/mol. The quantitative estimate of drug-likeness (QED) is 0.339. The predicted molar refractivity (Wildman–Crippen MR) is 103 cm³/mol. The Morgan fingerprint density at radius 3 is 2.89 bits per heavy atom. The molecule has 0 bridgehead atoms. The van der Waals surface area contributed by atoms with Gasteiger partial charge in [0.15, 0.2) is 5.65 Å². The van der Waals surface area contributed by atoms with Gasteiger partial charge >= 0.3 is 5.97 Å². The Balaban J connectivity index is 1.66. The van der Waals surface area contributed by atoms with E-state index in [1.807, 2.05) is 0 Å². The number of carboxylic acid groups (broad SMARTS) is 1. The summed E-state index contributed by atoms with van der Waals surface area (Å²) in [5, 5.41) is 14.2. The number of nitrogens with two attached hydrogens (primary N) is 2. The fourth-order valence-corrected chi connectivity index (χ4v) is 5.67. The van der Waals surface area contributed by atoms with Crippen molar-refractivity contribution in [1.29, 1.82) is 0 Å². The van der Waals surface area contributed by atoms with Crippen molar-refractivity contribution in [2.24, 2.45) is 11.5 Å². The fraction of sp³-hybridized carbons (Fsp3) is 0.312. The van der Waals surface area contributed by atoms with E-state index >= 15 is 0 Å². The molecule has 0 aromatic carbocycles. The molecular formula is C16H16N6O4S2. The van der Waals surface area contributed by atoms with Crippen LogP contribution >= 0.6 is 23.5 Å². The molecule has 2 aliphatic heterocycles. The molecule has 0 radical (unpaired) electrons. The second-order valence-electron chi connectivity index (χ2n) is 6.38. The van der Waals surface area contributed by atoms with Crippen molar-refractivity contribution in [1.82, 2.24) is 19.5 Å². The van der Waals surface area contributed by atoms with Gasteiger partial charge < -0.3 is 16.6 Å². The predicted octanol–water partition coefficient (Wildman–Crippen LogP) is -0.190. The third-order valence-corrected chi connectivity index (χ3v) is 6.96. The van der Waals surface area contributed by atoms with Crippen molar-refractivity contribution in [3.8, 4) is 0 Å². The maximum Gasteiger partial charge on any atom is 0.352 e. The van der Waals surface area contributed by atoms with E-state index in [1.165, 1.54) is 39.1 Å². The van der Waals surface area contributed by atoms with Crippen LogP contribution in [0.2, 0.25) is 0 Å². The molecule has 2 atom stereocenters. The van der Waals surface area contributed by atoms with Crippen LogP contribution < -0.4 is 11.5 Å². The highest BCUT2D eigenvalue weighted by atomic mass is 32.2. The standard InChI is InChI=1S/C16H16N6O4S2/c1-6-2-9(22-13(20-6)8(3-19-22)12(18)23)27-4-7-5-28-15-10(17)14(24)21(15)11(7)16(25)26/h2-3,10,15H,4-5,17H2,1H3,(H2,18,23)(H,25,26)/t10-,15-/m1/s1. The number of carboxylic acids is 1. The summed E-state index contributed by atoms with van der Waals surface area (Å²) in [6.45, 7) is 1.78. The number of hydrogen-bond donors (Lipinski definition) is 3. The summed E-state index contributed by atoms with van der Waals surface area (Å²) >= 11 is 2.80. The smallest absolute Gasteiger partial charge is 0.352 e. The molecule has 1 fully saturated rings. The number of β-lactam (4-membered cyclic amide) rings is 1. The third kappa shape index (κ3) is 2.84. The molecule has 2 aliphatic rings. The topological polar surface area (TPSA) is 157 Å². The zero-order valence-electron chi connectivity index (χ0n) is 14.7. The molecule has 0 unspecified atom stereocenters. The summed E-state index contributed by atoms with van der Waals surface area (Å²) in [7, 11) is 0. The highest BCUT2D eigenvalue weighted by molar-refractivity contribution is 8.01. The van der Waals surface area contributed by atoms with Crippen LogP contribution in [0.15, 0.2) is 28.6 Å². The number of carbonyl (C=O) groups is 3. The second kappa shape index (κ2) is 6.79. The number of carbonyl (C=O) groups excluding carboxylic acids is 2. The van der Waals surface area contributed by atoms with Gasteiger partial charge in [0.1, 0.15) is 27.7 Å². The van der Waals surface area contributed by atoms with Crippen molar-refractivity contribution >= 4 is 47.0 Å². The lowest BCUT2D eigenvalue weighted by atomic mass is 10.0. The normalized spacial score (nSPS) is 21.6. The van der Waals surface area contributed by atoms with Crippen LogP contribution in [0.5, 0.6) is 0 Å². The number of thioether (sulfide) groups is 2. The fourth-order valence-electron chi connectivity index (χ4n) is 3.18. The lowest BCUT2D eigenvalue weighted by Crippen LogP contribution is -2.68. The molecule has 2 amide bonds. The van der Waals surface area contributed by atoms with Gasteiger partial charge in [0, 0.05) is 17.2 Å². The van der Waals surface area contributed by atoms with Gasteiger partial charge in [0.2, 0.25) is 5.91 Å². The molecule has 2 aromatic rings. The average Bonchev–Trinajstić information content (AvgIpc) is 3.08. The number of hydrogen-bond acceptors (Lipinski definition) is 8. The van der Waals surface area contributed by atoms with Gasteiger partial charge in [-0.1, -0.05) is 0 Å². The highest BCUT2D eigenvalue weighted by Crippen LogP contribution is 2.40. The zero-order valence-corrected chi connectivity index (χ0v) is 16.3. The van der Waals surface area contributed by atoms with Crippen LogP contribution in [-0.2, 0) is 9.59 Å². The first-order chi connectivity index (χ1) is 13.3. The van der Waals surface area contributed by atoms with Crippen LogP contribution in [0.25, 0.3) is 5.65 Å². The third-order valence-electron chi connectivity index (χ3n) is 4.52. The Bertz CT molecular complexity index is 1060. The number of aliphatic carboxylic acids is 1. The Morgan fingerprint density at radius 1 is 1.46 bits per heavy atom. The maximum atomic E-state index is 12.0. The number of aryl methyl sites for hydroxylation is 1. The van der Waals surface area contributed by atoms with Crippen LogP contribution in [0.1, 0.15) is 16.1 Å². The molecule has 0 spiro atoms. The lowest BCUT2D eigenvalue weighted by Gasteiger charge is -2.48. The molecule has 0 saturated carbocycles. The Kier molecular flexibility index (Phi) is 4.56. The zero-order chi connectivity index (χ0) is 20.2. The SMILES string of the molecule is Cc1cc(SCC2=C(C(=O)O)N3C(=O)[C@@H](N)[C@H]3SC2)n2ncc(C(N)=O)c2n1. The molecule has 0 aliphatic carbocycles. The van der Waals surface area contributed by atoms with E-state index in [1.54, 1.807) is 13.0 Å². The molecule has 2 aromatic heterocycles. The van der Waals surface area contributed by atoms with Gasteiger partial charge in [0.05, 0.1) is 6.20 Å². The van der Waals surface area contributed by atoms with Crippen molar-refractivity contribution in [2.75, 3.05) is 11.5 Å². The summed E-state index contributed by atoms with van der Waals surface area (Å²) < 4.78 is 1.50. The largest absolute Gasteiger partial charge is 0.477 e. The Hall–Kier alpha value is -2.57. The Labute approximate surface area is 167 Å². The number of aromatic nitrogens is 3. The number of nitrogens with zero attached hydrogens (tertiary/aromatic N) is 4. The number of rotatable bonds is 5. The van der Waals surface area contributed by atoms with E-state index < -0.39 is 17.9 Å². The molecule has 28 heavy (non-hydrogen) atoms. The summed E-state index contributed by atoms with van der Waals surface area (Å²) in [6, 6.07) is 1.13. The summed E-state index contributed by atoms with van der Waals surface area (Å²) in [6.07, 6.45) is 1.36. The molecule has 12 heteroatoms. The molecule has 1 saturated heterocycles. The first-order valence-electron chi connectivity index (χ1n) is 8.23. The minimum Gasteiger partial charge on any atom is -0.477 e. The van der Waals surface area contributed by atoms with Gasteiger partial charge in [0.25, 0.3) is 5.91 Å². The molecule has 4 rings (SSSR count). The molecule has 10 nitrogen and oxygen atoms in total. The summed E-state index contributed by atoms with van der Waals surface area (Å²) in [5.74, 6) is -1.34. The van der Waals surface area contributed by atoms with E-state index in [0.29, 0.717) is 33.4 Å². The number of fused-ring (bicyclic) bond motifs is 2. The van der Waals surface area contributed by atoms with Gasteiger partial charge in [-0.3, -0.25) is 14.5 Å². The lowest BCUT2D eigenvalue weighted by molar-refractivity contribution is -0.147. The average molecular weight is 420 g/mol. The minimum absolute atomic E-state index is 0.00302. The van der Waals surface area contributed by atoms with Crippen LogP contribution in [0, 0.1) is 6.92 Å². The number of amides is 2. The van der Waals surface area contributed by atoms with Crippen molar-refractivity contribution in [2.45, 2.75) is 23.4 Å². The van der Waals surface area contributed by atoms with E-state index in [4.69, 9.17) is 11.5 Å². The monoisotopic (exact) mass is 420 g/mol. The Morgan fingerprint density at radius 2 is 2.21 bits per heavy atom. The first kappa shape index (κ1) is 18.8. The van der Waals surface area contributed by atoms with Gasteiger partial charge in [-0.05, 0) is 18.6 Å². The molecule has 5 N–H and O–H groups in total. The van der Waals surface area contributed by atoms with Crippen molar-refractivity contribution in [3.05, 3.63) is 34.8 Å². The number of primary amides is 1. The van der Waals surface area contributed by atoms with Gasteiger partial charge in [-0.15, -0.1) is 23.5 Å². The van der Waals surface area contributed by atoms with Gasteiger partial charge in [-0.25, -0.2) is 14.3 Å². The van der Waals surface area contributed by atoms with E-state index in [0.717, 1.165) is 0 Å². The van der Waals surface area contributed by atoms with Crippen LogP contribution in [0.4, 0.5) is 0 Å². The van der Waals surface area contributed by atoms with Gasteiger partial charge in [-0.2, -0.15) is 5.10 Å². The molecule has 4 heterocycles. The first-order valence-corrected chi connectivity index (χ1v) is 10.3. The summed E-state index contributed by atoms with van der Waals surface area (Å²) in [5.41, 5.74) is 13.0. The van der Waals surface area contributed by atoms with Crippen molar-refractivity contribution < 1.29 is 19.5 Å². The van der Waals surface area contributed by atoms with Crippen molar-refractivity contribution in [3.63, 3.8) is 0 Å².